The van der Waals surface area contributed by atoms with Crippen molar-refractivity contribution in [3.63, 3.8) is 0 Å². The molecule has 4 heteroatoms. The van der Waals surface area contributed by atoms with Gasteiger partial charge in [-0.25, -0.2) is 4.98 Å². The van der Waals surface area contributed by atoms with Crippen LogP contribution in [-0.2, 0) is 0 Å². The van der Waals surface area contributed by atoms with Gasteiger partial charge in [0.15, 0.2) is 0 Å². The average Bonchev–Trinajstić information content (AvgIpc) is 2.09. The first-order valence-corrected chi connectivity index (χ1v) is 6.36. The molecule has 0 aliphatic rings. The lowest BCUT2D eigenvalue weighted by molar-refractivity contribution is 1.05. The molecule has 0 fully saturated rings. The summed E-state index contributed by atoms with van der Waals surface area (Å²) in [5.74, 6) is 1.77. The van der Waals surface area contributed by atoms with Crippen molar-refractivity contribution >= 4 is 39.3 Å². The lowest BCUT2D eigenvalue weighted by Crippen LogP contribution is -1.88. The molecular formula is C9H11BrClNS. The molecule has 1 aromatic rings. The highest BCUT2D eigenvalue weighted by Crippen LogP contribution is 2.22. The van der Waals surface area contributed by atoms with Crippen LogP contribution in [-0.4, -0.2) is 16.6 Å². The number of alkyl halides is 1. The SMILES string of the molecule is Cc1cc(Br)cnc1SCCCCl. The zero-order valence-electron chi connectivity index (χ0n) is 7.39. The molecular weight excluding hydrogens is 270 g/mol. The molecule has 0 radical (unpaired) electrons. The topological polar surface area (TPSA) is 12.9 Å². The van der Waals surface area contributed by atoms with Gasteiger partial charge in [-0.2, -0.15) is 0 Å². The predicted octanol–water partition coefficient (Wildman–Crippen LogP) is 3.87. The van der Waals surface area contributed by atoms with Crippen LogP contribution < -0.4 is 0 Å². The smallest absolute Gasteiger partial charge is 0.0989 e. The molecule has 0 aliphatic heterocycles. The Balaban J connectivity index is 2.56. The molecule has 13 heavy (non-hydrogen) atoms. The zero-order valence-corrected chi connectivity index (χ0v) is 10.5. The number of pyridine rings is 1. The fourth-order valence-electron chi connectivity index (χ4n) is 0.902. The van der Waals surface area contributed by atoms with Crippen LogP contribution in [0.1, 0.15) is 12.0 Å². The van der Waals surface area contributed by atoms with E-state index in [4.69, 9.17) is 11.6 Å². The van der Waals surface area contributed by atoms with Crippen LogP contribution in [0.25, 0.3) is 0 Å². The quantitative estimate of drug-likeness (QED) is 0.472. The fraction of sp³-hybridized carbons (Fsp3) is 0.444. The van der Waals surface area contributed by atoms with Crippen LogP contribution >= 0.6 is 39.3 Å². The Kier molecular flexibility index (Phi) is 5.14. The van der Waals surface area contributed by atoms with Crippen LogP contribution in [0.5, 0.6) is 0 Å². The summed E-state index contributed by atoms with van der Waals surface area (Å²) in [6.45, 7) is 2.07. The lowest BCUT2D eigenvalue weighted by atomic mass is 10.3. The van der Waals surface area contributed by atoms with E-state index in [9.17, 15) is 0 Å². The lowest BCUT2D eigenvalue weighted by Gasteiger charge is -2.03. The van der Waals surface area contributed by atoms with E-state index in [2.05, 4.69) is 33.9 Å². The van der Waals surface area contributed by atoms with E-state index in [1.165, 1.54) is 5.56 Å². The Morgan fingerprint density at radius 2 is 2.38 bits per heavy atom. The summed E-state index contributed by atoms with van der Waals surface area (Å²) in [5, 5.41) is 1.10. The zero-order chi connectivity index (χ0) is 9.68. The number of hydrogen-bond donors (Lipinski definition) is 0. The molecule has 0 aliphatic carbocycles. The Morgan fingerprint density at radius 3 is 3.00 bits per heavy atom. The molecule has 72 valence electrons. The average molecular weight is 281 g/mol. The molecule has 0 unspecified atom stereocenters. The Bertz CT molecular complexity index is 280. The van der Waals surface area contributed by atoms with Crippen molar-refractivity contribution in [1.29, 1.82) is 0 Å². The maximum Gasteiger partial charge on any atom is 0.0989 e. The highest BCUT2D eigenvalue weighted by molar-refractivity contribution is 9.10. The van der Waals surface area contributed by atoms with Gasteiger partial charge in [0.25, 0.3) is 0 Å². The number of hydrogen-bond acceptors (Lipinski definition) is 2. The molecule has 1 heterocycles. The van der Waals surface area contributed by atoms with E-state index in [0.29, 0.717) is 0 Å². The largest absolute Gasteiger partial charge is 0.248 e. The van der Waals surface area contributed by atoms with Gasteiger partial charge in [0.05, 0.1) is 5.03 Å². The van der Waals surface area contributed by atoms with Gasteiger partial charge in [0.2, 0.25) is 0 Å². The summed E-state index contributed by atoms with van der Waals surface area (Å²) in [4.78, 5) is 4.32. The minimum Gasteiger partial charge on any atom is -0.248 e. The van der Waals surface area contributed by atoms with E-state index < -0.39 is 0 Å². The molecule has 1 aromatic heterocycles. The van der Waals surface area contributed by atoms with E-state index in [-0.39, 0.29) is 0 Å². The van der Waals surface area contributed by atoms with E-state index in [1.807, 2.05) is 6.20 Å². The first-order valence-electron chi connectivity index (χ1n) is 4.05. The van der Waals surface area contributed by atoms with Crippen LogP contribution in [0.4, 0.5) is 0 Å². The van der Waals surface area contributed by atoms with Crippen molar-refractivity contribution in [2.75, 3.05) is 11.6 Å². The van der Waals surface area contributed by atoms with Gasteiger partial charge in [-0.15, -0.1) is 23.4 Å². The van der Waals surface area contributed by atoms with Gasteiger partial charge in [0.1, 0.15) is 0 Å². The minimum atomic E-state index is 0.725. The molecule has 0 saturated heterocycles. The molecule has 0 spiro atoms. The second kappa shape index (κ2) is 5.89. The van der Waals surface area contributed by atoms with Crippen molar-refractivity contribution < 1.29 is 0 Å². The molecule has 0 amide bonds. The maximum absolute atomic E-state index is 5.59. The van der Waals surface area contributed by atoms with E-state index in [0.717, 1.165) is 27.6 Å². The van der Waals surface area contributed by atoms with Crippen molar-refractivity contribution in [3.8, 4) is 0 Å². The maximum atomic E-state index is 5.59. The second-order valence-corrected chi connectivity index (χ2v) is 5.04. The summed E-state index contributed by atoms with van der Waals surface area (Å²) in [6, 6.07) is 2.08. The molecule has 1 rings (SSSR count). The third kappa shape index (κ3) is 3.88. The van der Waals surface area contributed by atoms with Gasteiger partial charge in [-0.3, -0.25) is 0 Å². The van der Waals surface area contributed by atoms with E-state index in [1.54, 1.807) is 11.8 Å². The Hall–Kier alpha value is 0.270. The number of aromatic nitrogens is 1. The Morgan fingerprint density at radius 1 is 1.62 bits per heavy atom. The highest BCUT2D eigenvalue weighted by Gasteiger charge is 2.00. The number of aryl methyl sites for hydroxylation is 1. The van der Waals surface area contributed by atoms with Gasteiger partial charge in [-0.1, -0.05) is 0 Å². The highest BCUT2D eigenvalue weighted by atomic mass is 79.9. The molecule has 0 N–H and O–H groups in total. The van der Waals surface area contributed by atoms with Gasteiger partial charge in [0, 0.05) is 22.3 Å². The van der Waals surface area contributed by atoms with Crippen LogP contribution in [0.2, 0.25) is 0 Å². The van der Waals surface area contributed by atoms with Crippen LogP contribution in [0.15, 0.2) is 21.8 Å². The van der Waals surface area contributed by atoms with Crippen LogP contribution in [0, 0.1) is 6.92 Å². The monoisotopic (exact) mass is 279 g/mol. The van der Waals surface area contributed by atoms with Gasteiger partial charge < -0.3 is 0 Å². The summed E-state index contributed by atoms with van der Waals surface area (Å²) >= 11 is 10.7. The van der Waals surface area contributed by atoms with Crippen molar-refractivity contribution in [2.24, 2.45) is 0 Å². The number of halogens is 2. The fourth-order valence-corrected chi connectivity index (χ4v) is 2.54. The summed E-state index contributed by atoms with van der Waals surface area (Å²) in [6.07, 6.45) is 2.86. The first kappa shape index (κ1) is 11.3. The molecule has 1 nitrogen and oxygen atoms in total. The molecule has 0 saturated carbocycles. The standard InChI is InChI=1S/C9H11BrClNS/c1-7-5-8(10)6-12-9(7)13-4-2-3-11/h5-6H,2-4H2,1H3. The second-order valence-electron chi connectivity index (χ2n) is 2.67. The third-order valence-corrected chi connectivity index (χ3v) is 3.41. The molecule has 0 atom stereocenters. The third-order valence-electron chi connectivity index (χ3n) is 1.51. The minimum absolute atomic E-state index is 0.725. The number of rotatable bonds is 4. The predicted molar refractivity (Wildman–Crippen MR) is 62.7 cm³/mol. The number of nitrogens with zero attached hydrogens (tertiary/aromatic N) is 1. The number of thioether (sulfide) groups is 1. The molecule has 0 aromatic carbocycles. The van der Waals surface area contributed by atoms with Gasteiger partial charge in [-0.05, 0) is 40.9 Å². The molecule has 0 bridgehead atoms. The normalized spacial score (nSPS) is 10.4. The van der Waals surface area contributed by atoms with Crippen molar-refractivity contribution in [2.45, 2.75) is 18.4 Å². The van der Waals surface area contributed by atoms with Crippen molar-refractivity contribution in [1.82, 2.24) is 4.98 Å². The summed E-state index contributed by atoms with van der Waals surface area (Å²) in [5.41, 5.74) is 1.22. The van der Waals surface area contributed by atoms with Crippen LogP contribution in [0.3, 0.4) is 0 Å². The van der Waals surface area contributed by atoms with E-state index >= 15 is 0 Å². The van der Waals surface area contributed by atoms with Gasteiger partial charge >= 0.3 is 0 Å². The van der Waals surface area contributed by atoms with Crippen molar-refractivity contribution in [3.05, 3.63) is 22.3 Å². The first-order chi connectivity index (χ1) is 6.24. The summed E-state index contributed by atoms with van der Waals surface area (Å²) < 4.78 is 1.03. The summed E-state index contributed by atoms with van der Waals surface area (Å²) in [7, 11) is 0. The Labute approximate surface area is 96.4 Å².